The summed E-state index contributed by atoms with van der Waals surface area (Å²) in [5, 5.41) is 7.02. The smallest absolute Gasteiger partial charge is 0.239 e. The number of nitrogens with one attached hydrogen (secondary N) is 1. The van der Waals surface area contributed by atoms with Crippen LogP contribution in [0.2, 0.25) is 0 Å². The van der Waals surface area contributed by atoms with Gasteiger partial charge in [-0.15, -0.1) is 0 Å². The van der Waals surface area contributed by atoms with Crippen LogP contribution in [0.3, 0.4) is 0 Å². The van der Waals surface area contributed by atoms with Crippen molar-refractivity contribution in [3.05, 3.63) is 12.3 Å². The normalized spacial score (nSPS) is 12.5. The number of hydrogen-bond acceptors (Lipinski definition) is 3. The van der Waals surface area contributed by atoms with Crippen LogP contribution in [0.4, 0.5) is 5.82 Å². The first kappa shape index (κ1) is 9.57. The van der Waals surface area contributed by atoms with Crippen LogP contribution in [-0.2, 0) is 11.8 Å². The zero-order valence-corrected chi connectivity index (χ0v) is 7.82. The van der Waals surface area contributed by atoms with Gasteiger partial charge in [0.2, 0.25) is 5.91 Å². The average Bonchev–Trinajstić information content (AvgIpc) is 2.46. The molecule has 3 N–H and O–H groups in total. The van der Waals surface area contributed by atoms with E-state index in [9.17, 15) is 4.79 Å². The highest BCUT2D eigenvalue weighted by atomic mass is 16.1. The van der Waals surface area contributed by atoms with Crippen molar-refractivity contribution in [1.29, 1.82) is 0 Å². The number of primary amides is 1. The largest absolute Gasteiger partial charge is 0.368 e. The summed E-state index contributed by atoms with van der Waals surface area (Å²) in [5.41, 5.74) is 5.17. The monoisotopic (exact) mass is 182 g/mol. The Morgan fingerprint density at radius 2 is 2.54 bits per heavy atom. The average molecular weight is 182 g/mol. The maximum Gasteiger partial charge on any atom is 0.239 e. The van der Waals surface area contributed by atoms with Gasteiger partial charge < -0.3 is 11.1 Å². The van der Waals surface area contributed by atoms with E-state index in [1.54, 1.807) is 16.9 Å². The van der Waals surface area contributed by atoms with Crippen LogP contribution in [-0.4, -0.2) is 21.7 Å². The Morgan fingerprint density at radius 1 is 1.85 bits per heavy atom. The number of nitrogens with two attached hydrogens (primary N) is 1. The molecule has 1 amide bonds. The lowest BCUT2D eigenvalue weighted by molar-refractivity contribution is -0.118. The summed E-state index contributed by atoms with van der Waals surface area (Å²) in [6.45, 7) is 1.89. The molecular weight excluding hydrogens is 168 g/mol. The second-order valence-electron chi connectivity index (χ2n) is 2.88. The van der Waals surface area contributed by atoms with Crippen LogP contribution >= 0.6 is 0 Å². The van der Waals surface area contributed by atoms with Gasteiger partial charge in [0.25, 0.3) is 0 Å². The fourth-order valence-electron chi connectivity index (χ4n) is 1.04. The van der Waals surface area contributed by atoms with Crippen molar-refractivity contribution >= 4 is 11.7 Å². The molecule has 0 saturated heterocycles. The molecule has 1 unspecified atom stereocenters. The molecule has 5 heteroatoms. The standard InChI is InChI=1S/C8H14N4O/c1-3-6(8(9)13)10-7-4-5-12(2)11-7/h4-6H,3H2,1-2H3,(H2,9,13)(H,10,11). The molecule has 0 saturated carbocycles. The number of anilines is 1. The Labute approximate surface area is 76.9 Å². The quantitative estimate of drug-likeness (QED) is 0.693. The molecule has 0 radical (unpaired) electrons. The molecule has 1 rings (SSSR count). The number of rotatable bonds is 4. The van der Waals surface area contributed by atoms with Gasteiger partial charge in [0, 0.05) is 19.3 Å². The summed E-state index contributed by atoms with van der Waals surface area (Å²) in [6, 6.07) is 1.46. The molecule has 1 aromatic rings. The van der Waals surface area contributed by atoms with Gasteiger partial charge in [-0.2, -0.15) is 5.10 Å². The van der Waals surface area contributed by atoms with Crippen LogP contribution in [0.1, 0.15) is 13.3 Å². The molecule has 0 aliphatic carbocycles. The first-order chi connectivity index (χ1) is 6.13. The first-order valence-electron chi connectivity index (χ1n) is 4.19. The third kappa shape index (κ3) is 2.47. The molecule has 72 valence electrons. The van der Waals surface area contributed by atoms with Crippen LogP contribution in [0, 0.1) is 0 Å². The topological polar surface area (TPSA) is 72.9 Å². The van der Waals surface area contributed by atoms with Crippen molar-refractivity contribution < 1.29 is 4.79 Å². The first-order valence-corrected chi connectivity index (χ1v) is 4.19. The van der Waals surface area contributed by atoms with Gasteiger partial charge in [0.1, 0.15) is 11.9 Å². The molecule has 0 aliphatic heterocycles. The minimum atomic E-state index is -0.354. The molecule has 1 aromatic heterocycles. The number of carbonyl (C=O) groups is 1. The zero-order valence-electron chi connectivity index (χ0n) is 7.82. The van der Waals surface area contributed by atoms with Gasteiger partial charge in [-0.25, -0.2) is 0 Å². The van der Waals surface area contributed by atoms with Gasteiger partial charge >= 0.3 is 0 Å². The number of nitrogens with zero attached hydrogens (tertiary/aromatic N) is 2. The molecular formula is C8H14N4O. The summed E-state index contributed by atoms with van der Waals surface area (Å²) < 4.78 is 1.66. The molecule has 0 spiro atoms. The second-order valence-corrected chi connectivity index (χ2v) is 2.88. The van der Waals surface area contributed by atoms with Crippen molar-refractivity contribution in [2.45, 2.75) is 19.4 Å². The van der Waals surface area contributed by atoms with Gasteiger partial charge in [-0.3, -0.25) is 9.48 Å². The van der Waals surface area contributed by atoms with Gasteiger partial charge in [0.05, 0.1) is 0 Å². The predicted molar refractivity (Wildman–Crippen MR) is 50.1 cm³/mol. The summed E-state index contributed by atoms with van der Waals surface area (Å²) in [7, 11) is 1.82. The second kappa shape index (κ2) is 3.93. The predicted octanol–water partition coefficient (Wildman–Crippen LogP) is 0.0959. The molecule has 13 heavy (non-hydrogen) atoms. The maximum atomic E-state index is 10.9. The molecule has 5 nitrogen and oxygen atoms in total. The molecule has 0 bridgehead atoms. The van der Waals surface area contributed by atoms with E-state index in [4.69, 9.17) is 5.73 Å². The fraction of sp³-hybridized carbons (Fsp3) is 0.500. The molecule has 0 fully saturated rings. The third-order valence-electron chi connectivity index (χ3n) is 1.79. The Morgan fingerprint density at radius 3 is 2.92 bits per heavy atom. The molecule has 1 atom stereocenters. The number of aromatic nitrogens is 2. The van der Waals surface area contributed by atoms with Crippen molar-refractivity contribution in [3.8, 4) is 0 Å². The Kier molecular flexibility index (Phi) is 2.89. The Hall–Kier alpha value is -1.52. The summed E-state index contributed by atoms with van der Waals surface area (Å²) >= 11 is 0. The number of hydrogen-bond donors (Lipinski definition) is 2. The van der Waals surface area contributed by atoms with E-state index >= 15 is 0 Å². The van der Waals surface area contributed by atoms with Crippen LogP contribution in [0.5, 0.6) is 0 Å². The zero-order chi connectivity index (χ0) is 9.84. The summed E-state index contributed by atoms with van der Waals surface area (Å²) in [5.74, 6) is 0.321. The van der Waals surface area contributed by atoms with E-state index in [0.29, 0.717) is 12.2 Å². The highest BCUT2D eigenvalue weighted by Gasteiger charge is 2.12. The van der Waals surface area contributed by atoms with Crippen LogP contribution in [0.25, 0.3) is 0 Å². The number of amides is 1. The van der Waals surface area contributed by atoms with Gasteiger partial charge in [0.15, 0.2) is 0 Å². The van der Waals surface area contributed by atoms with Crippen molar-refractivity contribution in [3.63, 3.8) is 0 Å². The van der Waals surface area contributed by atoms with Crippen molar-refractivity contribution in [2.75, 3.05) is 5.32 Å². The van der Waals surface area contributed by atoms with Crippen LogP contribution < -0.4 is 11.1 Å². The minimum absolute atomic E-state index is 0.338. The maximum absolute atomic E-state index is 10.9. The number of carbonyl (C=O) groups excluding carboxylic acids is 1. The Balaban J connectivity index is 2.61. The lowest BCUT2D eigenvalue weighted by atomic mass is 10.2. The van der Waals surface area contributed by atoms with Crippen LogP contribution in [0.15, 0.2) is 12.3 Å². The molecule has 0 aliphatic rings. The minimum Gasteiger partial charge on any atom is -0.368 e. The lowest BCUT2D eigenvalue weighted by Crippen LogP contribution is -2.34. The third-order valence-corrected chi connectivity index (χ3v) is 1.79. The van der Waals surface area contributed by atoms with E-state index in [0.717, 1.165) is 0 Å². The van der Waals surface area contributed by atoms with E-state index in [1.807, 2.05) is 14.0 Å². The Bertz CT molecular complexity index is 294. The molecule has 1 heterocycles. The van der Waals surface area contributed by atoms with Gasteiger partial charge in [-0.05, 0) is 6.42 Å². The SMILES string of the molecule is CCC(Nc1ccn(C)n1)C(N)=O. The highest BCUT2D eigenvalue weighted by molar-refractivity contribution is 5.82. The summed E-state index contributed by atoms with van der Waals surface area (Å²) in [6.07, 6.45) is 2.46. The number of aryl methyl sites for hydroxylation is 1. The van der Waals surface area contributed by atoms with E-state index < -0.39 is 0 Å². The highest BCUT2D eigenvalue weighted by Crippen LogP contribution is 2.04. The van der Waals surface area contributed by atoms with Crippen molar-refractivity contribution in [2.24, 2.45) is 12.8 Å². The van der Waals surface area contributed by atoms with E-state index in [-0.39, 0.29) is 11.9 Å². The summed E-state index contributed by atoms with van der Waals surface area (Å²) in [4.78, 5) is 10.9. The fourth-order valence-corrected chi connectivity index (χ4v) is 1.04. The van der Waals surface area contributed by atoms with Gasteiger partial charge in [-0.1, -0.05) is 6.92 Å². The van der Waals surface area contributed by atoms with E-state index in [2.05, 4.69) is 10.4 Å². The lowest BCUT2D eigenvalue weighted by Gasteiger charge is -2.11. The van der Waals surface area contributed by atoms with Crippen molar-refractivity contribution in [1.82, 2.24) is 9.78 Å². The van der Waals surface area contributed by atoms with E-state index in [1.165, 1.54) is 0 Å². The molecule has 0 aromatic carbocycles.